The van der Waals surface area contributed by atoms with E-state index in [1.165, 1.54) is 11.3 Å². The number of benzene rings is 2. The largest absolute Gasteiger partial charge is 0.493 e. The molecule has 3 rings (SSSR count). The summed E-state index contributed by atoms with van der Waals surface area (Å²) in [7, 11) is 0. The van der Waals surface area contributed by atoms with E-state index in [-0.39, 0.29) is 0 Å². The van der Waals surface area contributed by atoms with Crippen LogP contribution in [0.25, 0.3) is 0 Å². The molecule has 3 heteroatoms. The number of fused-ring (bicyclic) bond motifs is 1. The molecular formula is C16H16ClNO. The van der Waals surface area contributed by atoms with Gasteiger partial charge in [-0.25, -0.2) is 0 Å². The Bertz CT molecular complexity index is 553. The molecule has 0 fully saturated rings. The Morgan fingerprint density at radius 1 is 1.11 bits per heavy atom. The second-order valence-corrected chi connectivity index (χ2v) is 5.31. The van der Waals surface area contributed by atoms with Crippen molar-refractivity contribution >= 4 is 17.3 Å². The third-order valence-electron chi connectivity index (χ3n) is 3.41. The van der Waals surface area contributed by atoms with Gasteiger partial charge in [0.1, 0.15) is 5.75 Å². The van der Waals surface area contributed by atoms with Crippen molar-refractivity contribution in [1.29, 1.82) is 0 Å². The highest BCUT2D eigenvalue weighted by atomic mass is 35.5. The summed E-state index contributed by atoms with van der Waals surface area (Å²) in [4.78, 5) is 0. The second-order valence-electron chi connectivity index (χ2n) is 4.87. The van der Waals surface area contributed by atoms with Crippen LogP contribution >= 0.6 is 11.6 Å². The summed E-state index contributed by atoms with van der Waals surface area (Å²) in [6.45, 7) is 1.69. The van der Waals surface area contributed by atoms with Crippen LogP contribution < -0.4 is 10.1 Å². The summed E-state index contributed by atoms with van der Waals surface area (Å²) < 4.78 is 5.82. The fourth-order valence-corrected chi connectivity index (χ4v) is 2.50. The lowest BCUT2D eigenvalue weighted by Gasteiger charge is -2.26. The van der Waals surface area contributed by atoms with Crippen LogP contribution in [-0.4, -0.2) is 13.2 Å². The molecule has 1 aliphatic heterocycles. The second kappa shape index (κ2) is 5.54. The molecule has 98 valence electrons. The molecule has 2 aromatic carbocycles. The predicted molar refractivity (Wildman–Crippen MR) is 79.1 cm³/mol. The Hall–Kier alpha value is -1.67. The maximum atomic E-state index is 5.85. The highest BCUT2D eigenvalue weighted by molar-refractivity contribution is 6.30. The fourth-order valence-electron chi connectivity index (χ4n) is 2.37. The van der Waals surface area contributed by atoms with E-state index in [0.717, 1.165) is 30.3 Å². The average molecular weight is 274 g/mol. The van der Waals surface area contributed by atoms with E-state index in [0.29, 0.717) is 5.92 Å². The molecule has 0 spiro atoms. The summed E-state index contributed by atoms with van der Waals surface area (Å²) >= 11 is 5.85. The van der Waals surface area contributed by atoms with Crippen molar-refractivity contribution in [1.82, 2.24) is 0 Å². The van der Waals surface area contributed by atoms with Crippen LogP contribution in [0.4, 0.5) is 5.69 Å². The van der Waals surface area contributed by atoms with E-state index in [9.17, 15) is 0 Å². The normalized spacial score (nSPS) is 17.4. The Morgan fingerprint density at radius 2 is 1.89 bits per heavy atom. The first-order chi connectivity index (χ1) is 9.31. The predicted octanol–water partition coefficient (Wildman–Crippen LogP) is 4.00. The Balaban J connectivity index is 1.59. The van der Waals surface area contributed by atoms with Gasteiger partial charge in [0.2, 0.25) is 0 Å². The monoisotopic (exact) mass is 273 g/mol. The van der Waals surface area contributed by atoms with E-state index >= 15 is 0 Å². The fraction of sp³-hybridized carbons (Fsp3) is 0.250. The lowest BCUT2D eigenvalue weighted by Crippen LogP contribution is -2.27. The molecule has 2 aromatic rings. The molecule has 0 aromatic heterocycles. The van der Waals surface area contributed by atoms with E-state index in [4.69, 9.17) is 16.3 Å². The van der Waals surface area contributed by atoms with Crippen molar-refractivity contribution in [2.45, 2.75) is 6.42 Å². The molecule has 0 saturated carbocycles. The SMILES string of the molecule is Clc1ccc(OCC2CNc3ccccc3C2)cc1. The van der Waals surface area contributed by atoms with Crippen LogP contribution in [0.15, 0.2) is 48.5 Å². The van der Waals surface area contributed by atoms with Crippen LogP contribution in [0.5, 0.6) is 5.75 Å². The molecular weight excluding hydrogens is 258 g/mol. The first kappa shape index (κ1) is 12.4. The zero-order valence-corrected chi connectivity index (χ0v) is 11.4. The lowest BCUT2D eigenvalue weighted by molar-refractivity contribution is 0.252. The Morgan fingerprint density at radius 3 is 2.74 bits per heavy atom. The van der Waals surface area contributed by atoms with Crippen molar-refractivity contribution < 1.29 is 4.74 Å². The first-order valence-corrected chi connectivity index (χ1v) is 6.89. The molecule has 0 saturated heterocycles. The average Bonchev–Trinajstić information content (AvgIpc) is 2.46. The van der Waals surface area contributed by atoms with Crippen molar-refractivity contribution in [2.24, 2.45) is 5.92 Å². The van der Waals surface area contributed by atoms with Gasteiger partial charge in [-0.1, -0.05) is 29.8 Å². The molecule has 19 heavy (non-hydrogen) atoms. The molecule has 1 atom stereocenters. The Kier molecular flexibility index (Phi) is 3.60. The van der Waals surface area contributed by atoms with E-state index in [1.54, 1.807) is 0 Å². The maximum absolute atomic E-state index is 5.85. The molecule has 1 heterocycles. The number of hydrogen-bond acceptors (Lipinski definition) is 2. The zero-order valence-electron chi connectivity index (χ0n) is 10.6. The third-order valence-corrected chi connectivity index (χ3v) is 3.66. The zero-order chi connectivity index (χ0) is 13.1. The molecule has 1 N–H and O–H groups in total. The van der Waals surface area contributed by atoms with Gasteiger partial charge in [-0.2, -0.15) is 0 Å². The van der Waals surface area contributed by atoms with Crippen LogP contribution in [0.2, 0.25) is 5.02 Å². The third kappa shape index (κ3) is 3.02. The summed E-state index contributed by atoms with van der Waals surface area (Å²) in [5.41, 5.74) is 2.63. The summed E-state index contributed by atoms with van der Waals surface area (Å²) in [5, 5.41) is 4.19. The van der Waals surface area contributed by atoms with E-state index < -0.39 is 0 Å². The number of halogens is 1. The van der Waals surface area contributed by atoms with Crippen LogP contribution in [0, 0.1) is 5.92 Å². The highest BCUT2D eigenvalue weighted by Crippen LogP contribution is 2.25. The van der Waals surface area contributed by atoms with E-state index in [2.05, 4.69) is 29.6 Å². The maximum Gasteiger partial charge on any atom is 0.119 e. The summed E-state index contributed by atoms with van der Waals surface area (Å²) in [6, 6.07) is 16.0. The molecule has 2 nitrogen and oxygen atoms in total. The standard InChI is InChI=1S/C16H16ClNO/c17-14-5-7-15(8-6-14)19-11-12-9-13-3-1-2-4-16(13)18-10-12/h1-8,12,18H,9-11H2. The van der Waals surface area contributed by atoms with Gasteiger partial charge in [-0.3, -0.25) is 0 Å². The number of para-hydroxylation sites is 1. The van der Waals surface area contributed by atoms with Gasteiger partial charge in [-0.05, 0) is 42.3 Å². The Labute approximate surface area is 118 Å². The molecule has 1 unspecified atom stereocenters. The lowest BCUT2D eigenvalue weighted by atomic mass is 9.95. The minimum absolute atomic E-state index is 0.505. The highest BCUT2D eigenvalue weighted by Gasteiger charge is 2.18. The van der Waals surface area contributed by atoms with Gasteiger partial charge in [0.05, 0.1) is 6.61 Å². The van der Waals surface area contributed by atoms with Crippen molar-refractivity contribution in [3.05, 3.63) is 59.1 Å². The smallest absolute Gasteiger partial charge is 0.119 e. The molecule has 0 radical (unpaired) electrons. The van der Waals surface area contributed by atoms with Crippen molar-refractivity contribution in [3.8, 4) is 5.75 Å². The first-order valence-electron chi connectivity index (χ1n) is 6.51. The van der Waals surface area contributed by atoms with Gasteiger partial charge in [0, 0.05) is 23.2 Å². The number of hydrogen-bond donors (Lipinski definition) is 1. The topological polar surface area (TPSA) is 21.3 Å². The van der Waals surface area contributed by atoms with Crippen LogP contribution in [0.1, 0.15) is 5.56 Å². The van der Waals surface area contributed by atoms with Gasteiger partial charge in [-0.15, -0.1) is 0 Å². The van der Waals surface area contributed by atoms with Crippen LogP contribution in [0.3, 0.4) is 0 Å². The summed E-state index contributed by atoms with van der Waals surface area (Å²) in [6.07, 6.45) is 1.07. The van der Waals surface area contributed by atoms with E-state index in [1.807, 2.05) is 24.3 Å². The van der Waals surface area contributed by atoms with Gasteiger partial charge >= 0.3 is 0 Å². The molecule has 0 bridgehead atoms. The number of anilines is 1. The van der Waals surface area contributed by atoms with Gasteiger partial charge in [0.25, 0.3) is 0 Å². The molecule has 0 aliphatic carbocycles. The minimum Gasteiger partial charge on any atom is -0.493 e. The number of ether oxygens (including phenoxy) is 1. The number of rotatable bonds is 3. The van der Waals surface area contributed by atoms with Crippen molar-refractivity contribution in [2.75, 3.05) is 18.5 Å². The summed E-state index contributed by atoms with van der Waals surface area (Å²) in [5.74, 6) is 1.38. The minimum atomic E-state index is 0.505. The molecule has 1 aliphatic rings. The number of nitrogens with one attached hydrogen (secondary N) is 1. The van der Waals surface area contributed by atoms with Gasteiger partial charge < -0.3 is 10.1 Å². The molecule has 0 amide bonds. The van der Waals surface area contributed by atoms with Gasteiger partial charge in [0.15, 0.2) is 0 Å². The quantitative estimate of drug-likeness (QED) is 0.913. The van der Waals surface area contributed by atoms with Crippen LogP contribution in [-0.2, 0) is 6.42 Å². The van der Waals surface area contributed by atoms with Crippen molar-refractivity contribution in [3.63, 3.8) is 0 Å².